The second-order valence-corrected chi connectivity index (χ2v) is 6.39. The van der Waals surface area contributed by atoms with Crippen molar-refractivity contribution in [3.8, 4) is 5.75 Å². The highest BCUT2D eigenvalue weighted by Gasteiger charge is 2.27. The highest BCUT2D eigenvalue weighted by Crippen LogP contribution is 2.37. The molecule has 112 valence electrons. The van der Waals surface area contributed by atoms with E-state index in [-0.39, 0.29) is 5.75 Å². The Morgan fingerprint density at radius 1 is 1.35 bits per heavy atom. The topological polar surface area (TPSA) is 47.3 Å². The minimum Gasteiger partial charge on any atom is -0.491 e. The normalized spacial score (nSPS) is 18.8. The van der Waals surface area contributed by atoms with E-state index in [0.29, 0.717) is 23.8 Å². The van der Waals surface area contributed by atoms with Gasteiger partial charge >= 0.3 is 0 Å². The molecular formula is C16H25FN2O. The lowest BCUT2D eigenvalue weighted by Gasteiger charge is -2.35. The Bertz CT molecular complexity index is 464. The van der Waals surface area contributed by atoms with E-state index in [1.807, 2.05) is 6.92 Å². The van der Waals surface area contributed by atoms with Gasteiger partial charge in [0.15, 0.2) is 11.6 Å². The van der Waals surface area contributed by atoms with Crippen molar-refractivity contribution in [3.05, 3.63) is 17.9 Å². The number of hydrogen-bond donors (Lipinski definition) is 2. The smallest absolute Gasteiger partial charge is 0.167 e. The minimum atomic E-state index is -0.403. The molecule has 20 heavy (non-hydrogen) atoms. The molecule has 1 aliphatic rings. The molecule has 0 amide bonds. The van der Waals surface area contributed by atoms with Crippen molar-refractivity contribution in [3.63, 3.8) is 0 Å². The maximum Gasteiger partial charge on any atom is 0.167 e. The van der Waals surface area contributed by atoms with Crippen LogP contribution in [0.3, 0.4) is 0 Å². The van der Waals surface area contributed by atoms with E-state index >= 15 is 0 Å². The highest BCUT2D eigenvalue weighted by molar-refractivity contribution is 5.69. The summed E-state index contributed by atoms with van der Waals surface area (Å²) in [4.78, 5) is 0. The van der Waals surface area contributed by atoms with Crippen molar-refractivity contribution in [1.29, 1.82) is 0 Å². The molecule has 1 saturated carbocycles. The lowest BCUT2D eigenvalue weighted by atomic mass is 9.75. The van der Waals surface area contributed by atoms with Gasteiger partial charge in [0.05, 0.1) is 18.0 Å². The van der Waals surface area contributed by atoms with Gasteiger partial charge in [-0.3, -0.25) is 0 Å². The average molecular weight is 280 g/mol. The van der Waals surface area contributed by atoms with E-state index in [0.717, 1.165) is 18.5 Å². The van der Waals surface area contributed by atoms with Gasteiger partial charge in [0.25, 0.3) is 0 Å². The summed E-state index contributed by atoms with van der Waals surface area (Å²) < 4.78 is 18.9. The number of rotatable bonds is 4. The molecule has 1 aromatic carbocycles. The van der Waals surface area contributed by atoms with E-state index in [2.05, 4.69) is 19.2 Å². The molecular weight excluding hydrogens is 255 g/mol. The molecule has 0 unspecified atom stereocenters. The lowest BCUT2D eigenvalue weighted by Crippen LogP contribution is -2.30. The summed E-state index contributed by atoms with van der Waals surface area (Å²) in [5.74, 6) is -0.139. The molecule has 0 atom stereocenters. The monoisotopic (exact) mass is 280 g/mol. The van der Waals surface area contributed by atoms with Gasteiger partial charge in [-0.1, -0.05) is 13.8 Å². The van der Waals surface area contributed by atoms with Gasteiger partial charge in [0, 0.05) is 18.2 Å². The zero-order chi connectivity index (χ0) is 14.8. The fourth-order valence-electron chi connectivity index (χ4n) is 2.72. The largest absolute Gasteiger partial charge is 0.491 e. The standard InChI is InChI=1S/C16H25FN2O/c1-4-20-15-10-14(13(18)9-12(15)17)19-11-5-7-16(2,3)8-6-11/h9-11,19H,4-8,18H2,1-3H3. The first-order valence-electron chi connectivity index (χ1n) is 7.39. The molecule has 2 rings (SSSR count). The van der Waals surface area contributed by atoms with Crippen molar-refractivity contribution >= 4 is 11.4 Å². The Balaban J connectivity index is 2.07. The maximum absolute atomic E-state index is 13.7. The van der Waals surface area contributed by atoms with Crippen LogP contribution in [0.25, 0.3) is 0 Å². The summed E-state index contributed by atoms with van der Waals surface area (Å²) in [5.41, 5.74) is 7.55. The number of halogens is 1. The second kappa shape index (κ2) is 5.90. The van der Waals surface area contributed by atoms with Crippen LogP contribution in [0, 0.1) is 11.2 Å². The summed E-state index contributed by atoms with van der Waals surface area (Å²) in [6.45, 7) is 6.90. The Morgan fingerprint density at radius 3 is 2.60 bits per heavy atom. The molecule has 1 aromatic rings. The fourth-order valence-corrected chi connectivity index (χ4v) is 2.72. The van der Waals surface area contributed by atoms with E-state index in [4.69, 9.17) is 10.5 Å². The number of benzene rings is 1. The SMILES string of the molecule is CCOc1cc(NC2CCC(C)(C)CC2)c(N)cc1F. The van der Waals surface area contributed by atoms with E-state index in [9.17, 15) is 4.39 Å². The van der Waals surface area contributed by atoms with Crippen LogP contribution >= 0.6 is 0 Å². The third kappa shape index (κ3) is 3.56. The van der Waals surface area contributed by atoms with Gasteiger partial charge in [-0.15, -0.1) is 0 Å². The summed E-state index contributed by atoms with van der Waals surface area (Å²) in [5, 5.41) is 3.44. The third-order valence-corrected chi connectivity index (χ3v) is 4.10. The molecule has 1 fully saturated rings. The van der Waals surface area contributed by atoms with Crippen LogP contribution in [0.1, 0.15) is 46.5 Å². The molecule has 0 aliphatic heterocycles. The predicted molar refractivity (Wildman–Crippen MR) is 81.6 cm³/mol. The molecule has 0 heterocycles. The minimum absolute atomic E-state index is 0.264. The lowest BCUT2D eigenvalue weighted by molar-refractivity contribution is 0.232. The third-order valence-electron chi connectivity index (χ3n) is 4.10. The van der Waals surface area contributed by atoms with Crippen molar-refractivity contribution in [2.45, 2.75) is 52.5 Å². The molecule has 0 spiro atoms. The highest BCUT2D eigenvalue weighted by atomic mass is 19.1. The van der Waals surface area contributed by atoms with Crippen LogP contribution in [0.4, 0.5) is 15.8 Å². The second-order valence-electron chi connectivity index (χ2n) is 6.39. The Kier molecular flexibility index (Phi) is 4.41. The molecule has 0 bridgehead atoms. The Morgan fingerprint density at radius 2 is 2.00 bits per heavy atom. The van der Waals surface area contributed by atoms with Crippen LogP contribution in [0.2, 0.25) is 0 Å². The van der Waals surface area contributed by atoms with Crippen LogP contribution in [0.5, 0.6) is 5.75 Å². The summed E-state index contributed by atoms with van der Waals surface area (Å²) in [6, 6.07) is 3.42. The van der Waals surface area contributed by atoms with Crippen molar-refractivity contribution < 1.29 is 9.13 Å². The van der Waals surface area contributed by atoms with Gasteiger partial charge in [-0.25, -0.2) is 4.39 Å². The van der Waals surface area contributed by atoms with Gasteiger partial charge < -0.3 is 15.8 Å². The number of nitrogens with two attached hydrogens (primary N) is 1. The van der Waals surface area contributed by atoms with Crippen LogP contribution in [-0.2, 0) is 0 Å². The van der Waals surface area contributed by atoms with Crippen molar-refractivity contribution in [2.75, 3.05) is 17.7 Å². The summed E-state index contributed by atoms with van der Waals surface area (Å²) in [7, 11) is 0. The number of anilines is 2. The first kappa shape index (κ1) is 14.9. The van der Waals surface area contributed by atoms with Gasteiger partial charge in [-0.2, -0.15) is 0 Å². The van der Waals surface area contributed by atoms with E-state index in [1.165, 1.54) is 18.9 Å². The summed E-state index contributed by atoms with van der Waals surface area (Å²) >= 11 is 0. The molecule has 0 saturated heterocycles. The first-order valence-corrected chi connectivity index (χ1v) is 7.39. The fraction of sp³-hybridized carbons (Fsp3) is 0.625. The average Bonchev–Trinajstić information content (AvgIpc) is 2.37. The molecule has 3 nitrogen and oxygen atoms in total. The van der Waals surface area contributed by atoms with Gasteiger partial charge in [-0.05, 0) is 38.0 Å². The number of ether oxygens (including phenoxy) is 1. The Hall–Kier alpha value is -1.45. The molecule has 4 heteroatoms. The van der Waals surface area contributed by atoms with E-state index in [1.54, 1.807) is 6.07 Å². The quantitative estimate of drug-likeness (QED) is 0.813. The molecule has 0 radical (unpaired) electrons. The summed E-state index contributed by atoms with van der Waals surface area (Å²) in [6.07, 6.45) is 4.63. The van der Waals surface area contributed by atoms with Crippen LogP contribution in [-0.4, -0.2) is 12.6 Å². The number of nitrogens with one attached hydrogen (secondary N) is 1. The Labute approximate surface area is 120 Å². The molecule has 1 aliphatic carbocycles. The first-order chi connectivity index (χ1) is 9.41. The zero-order valence-corrected chi connectivity index (χ0v) is 12.6. The van der Waals surface area contributed by atoms with Gasteiger partial charge in [0.2, 0.25) is 0 Å². The number of hydrogen-bond acceptors (Lipinski definition) is 3. The molecule has 0 aromatic heterocycles. The maximum atomic E-state index is 13.7. The van der Waals surface area contributed by atoms with Gasteiger partial charge in [0.1, 0.15) is 0 Å². The predicted octanol–water partition coefficient (Wildman–Crippen LogP) is 4.19. The van der Waals surface area contributed by atoms with Crippen LogP contribution in [0.15, 0.2) is 12.1 Å². The zero-order valence-electron chi connectivity index (χ0n) is 12.6. The van der Waals surface area contributed by atoms with Crippen molar-refractivity contribution in [2.24, 2.45) is 5.41 Å². The van der Waals surface area contributed by atoms with Crippen molar-refractivity contribution in [1.82, 2.24) is 0 Å². The number of nitrogen functional groups attached to an aromatic ring is 1. The molecule has 3 N–H and O–H groups in total. The van der Waals surface area contributed by atoms with Crippen LogP contribution < -0.4 is 15.8 Å². The van der Waals surface area contributed by atoms with E-state index < -0.39 is 5.82 Å².